The van der Waals surface area contributed by atoms with Gasteiger partial charge in [0, 0.05) is 12.2 Å². The van der Waals surface area contributed by atoms with Gasteiger partial charge in [0.2, 0.25) is 5.95 Å². The molecule has 1 unspecified atom stereocenters. The summed E-state index contributed by atoms with van der Waals surface area (Å²) >= 11 is 0. The van der Waals surface area contributed by atoms with Crippen molar-refractivity contribution in [1.82, 2.24) is 15.3 Å². The second kappa shape index (κ2) is 8.45. The highest BCUT2D eigenvalue weighted by Gasteiger charge is 2.14. The second-order valence-corrected chi connectivity index (χ2v) is 6.66. The predicted molar refractivity (Wildman–Crippen MR) is 108 cm³/mol. The minimum atomic E-state index is -0.213. The minimum absolute atomic E-state index is 0.0991. The van der Waals surface area contributed by atoms with Crippen LogP contribution in [0.15, 0.2) is 60.7 Å². The normalized spacial score (nSPS) is 11.7. The number of anilines is 1. The maximum absolute atomic E-state index is 12.6. The third-order valence-corrected chi connectivity index (χ3v) is 4.31. The highest BCUT2D eigenvalue weighted by molar-refractivity contribution is 5.92. The quantitative estimate of drug-likeness (QED) is 0.691. The van der Waals surface area contributed by atoms with E-state index in [1.54, 1.807) is 6.07 Å². The summed E-state index contributed by atoms with van der Waals surface area (Å²) in [6.45, 7) is 6.47. The van der Waals surface area contributed by atoms with E-state index in [2.05, 4.69) is 51.8 Å². The molecule has 0 bridgehead atoms. The maximum atomic E-state index is 12.6. The van der Waals surface area contributed by atoms with Gasteiger partial charge in [-0.15, -0.1) is 0 Å². The van der Waals surface area contributed by atoms with Gasteiger partial charge in [0.05, 0.1) is 6.04 Å². The predicted octanol–water partition coefficient (Wildman–Crippen LogP) is 4.20. The van der Waals surface area contributed by atoms with Crippen molar-refractivity contribution >= 4 is 11.9 Å². The van der Waals surface area contributed by atoms with Crippen molar-refractivity contribution < 1.29 is 4.79 Å². The van der Waals surface area contributed by atoms with Crippen LogP contribution < -0.4 is 10.6 Å². The van der Waals surface area contributed by atoms with Crippen LogP contribution in [0.1, 0.15) is 45.8 Å². The topological polar surface area (TPSA) is 66.9 Å². The number of hydrogen-bond acceptors (Lipinski definition) is 4. The number of hydrogen-bond donors (Lipinski definition) is 2. The molecule has 1 amide bonds. The lowest BCUT2D eigenvalue weighted by Gasteiger charge is -2.14. The van der Waals surface area contributed by atoms with Crippen LogP contribution in [0.2, 0.25) is 0 Å². The van der Waals surface area contributed by atoms with E-state index in [0.29, 0.717) is 18.2 Å². The first-order chi connectivity index (χ1) is 13.0. The first kappa shape index (κ1) is 18.6. The fourth-order valence-electron chi connectivity index (χ4n) is 2.75. The van der Waals surface area contributed by atoms with Crippen molar-refractivity contribution in [3.8, 4) is 0 Å². The number of nitrogens with one attached hydrogen (secondary N) is 2. The number of carbonyl (C=O) groups excluding carboxylic acids is 1. The number of benzene rings is 2. The summed E-state index contributed by atoms with van der Waals surface area (Å²) in [4.78, 5) is 21.4. The number of aryl methyl sites for hydroxylation is 2. The molecule has 2 aromatic carbocycles. The molecule has 0 fully saturated rings. The summed E-state index contributed by atoms with van der Waals surface area (Å²) in [6.07, 6.45) is 0. The van der Waals surface area contributed by atoms with Crippen LogP contribution in [0.25, 0.3) is 0 Å². The van der Waals surface area contributed by atoms with Crippen LogP contribution in [0.4, 0.5) is 5.95 Å². The van der Waals surface area contributed by atoms with Gasteiger partial charge in [-0.1, -0.05) is 60.2 Å². The standard InChI is InChI=1S/C22H24N4O/c1-15-9-11-18(12-10-15)14-23-22-24-16(2)13-20(26-22)21(27)25-17(3)19-7-5-4-6-8-19/h4-13,17H,14H2,1-3H3,(H,25,27)(H,23,24,26). The largest absolute Gasteiger partial charge is 0.350 e. The molecule has 1 atom stereocenters. The molecule has 3 aromatic rings. The Hall–Kier alpha value is -3.21. The van der Waals surface area contributed by atoms with Crippen molar-refractivity contribution in [3.05, 3.63) is 88.7 Å². The van der Waals surface area contributed by atoms with E-state index in [0.717, 1.165) is 16.8 Å². The van der Waals surface area contributed by atoms with Crippen molar-refractivity contribution in [2.45, 2.75) is 33.4 Å². The maximum Gasteiger partial charge on any atom is 0.270 e. The van der Waals surface area contributed by atoms with E-state index < -0.39 is 0 Å². The van der Waals surface area contributed by atoms with Gasteiger partial charge in [0.25, 0.3) is 5.91 Å². The molecular formula is C22H24N4O. The molecule has 3 rings (SSSR count). The van der Waals surface area contributed by atoms with Crippen LogP contribution in [-0.2, 0) is 6.54 Å². The summed E-state index contributed by atoms with van der Waals surface area (Å²) in [5.41, 5.74) is 4.51. The summed E-state index contributed by atoms with van der Waals surface area (Å²) < 4.78 is 0. The Labute approximate surface area is 159 Å². The van der Waals surface area contributed by atoms with Gasteiger partial charge in [0.1, 0.15) is 5.69 Å². The Balaban J connectivity index is 1.68. The van der Waals surface area contributed by atoms with Gasteiger partial charge < -0.3 is 10.6 Å². The first-order valence-corrected chi connectivity index (χ1v) is 9.02. The van der Waals surface area contributed by atoms with Gasteiger partial charge in [-0.05, 0) is 38.0 Å². The van der Waals surface area contributed by atoms with Gasteiger partial charge in [-0.3, -0.25) is 4.79 Å². The van der Waals surface area contributed by atoms with Crippen LogP contribution in [0.5, 0.6) is 0 Å². The third-order valence-electron chi connectivity index (χ3n) is 4.31. The molecule has 0 spiro atoms. The monoisotopic (exact) mass is 360 g/mol. The SMILES string of the molecule is Cc1ccc(CNc2nc(C)cc(C(=O)NC(C)c3ccccc3)n2)cc1. The number of aromatic nitrogens is 2. The molecule has 0 saturated carbocycles. The molecule has 2 N–H and O–H groups in total. The Morgan fingerprint density at radius 3 is 2.41 bits per heavy atom. The fraction of sp³-hybridized carbons (Fsp3) is 0.227. The molecule has 0 aliphatic carbocycles. The van der Waals surface area contributed by atoms with Gasteiger partial charge in [-0.25, -0.2) is 9.97 Å². The highest BCUT2D eigenvalue weighted by atomic mass is 16.1. The van der Waals surface area contributed by atoms with Crippen LogP contribution in [0.3, 0.4) is 0 Å². The Morgan fingerprint density at radius 2 is 1.70 bits per heavy atom. The average Bonchev–Trinajstić information content (AvgIpc) is 2.68. The average molecular weight is 360 g/mol. The fourth-order valence-corrected chi connectivity index (χ4v) is 2.75. The number of amides is 1. The first-order valence-electron chi connectivity index (χ1n) is 9.02. The van der Waals surface area contributed by atoms with Crippen molar-refractivity contribution in [3.63, 3.8) is 0 Å². The smallest absolute Gasteiger partial charge is 0.270 e. The Bertz CT molecular complexity index is 907. The lowest BCUT2D eigenvalue weighted by Crippen LogP contribution is -2.28. The van der Waals surface area contributed by atoms with E-state index in [9.17, 15) is 4.79 Å². The molecule has 5 nitrogen and oxygen atoms in total. The summed E-state index contributed by atoms with van der Waals surface area (Å²) in [6, 6.07) is 19.7. The Kier molecular flexibility index (Phi) is 5.81. The van der Waals surface area contributed by atoms with Gasteiger partial charge in [-0.2, -0.15) is 0 Å². The summed E-state index contributed by atoms with van der Waals surface area (Å²) in [5, 5.41) is 6.19. The molecule has 138 valence electrons. The molecular weight excluding hydrogens is 336 g/mol. The number of nitrogens with zero attached hydrogens (tertiary/aromatic N) is 2. The van der Waals surface area contributed by atoms with E-state index in [1.807, 2.05) is 44.2 Å². The van der Waals surface area contributed by atoms with E-state index >= 15 is 0 Å². The van der Waals surface area contributed by atoms with E-state index in [1.165, 1.54) is 5.56 Å². The third kappa shape index (κ3) is 5.14. The minimum Gasteiger partial charge on any atom is -0.350 e. The number of rotatable bonds is 6. The molecule has 0 aliphatic heterocycles. The summed E-state index contributed by atoms with van der Waals surface area (Å²) in [7, 11) is 0. The zero-order valence-corrected chi connectivity index (χ0v) is 15.9. The second-order valence-electron chi connectivity index (χ2n) is 6.66. The lowest BCUT2D eigenvalue weighted by atomic mass is 10.1. The molecule has 0 radical (unpaired) electrons. The van der Waals surface area contributed by atoms with E-state index in [-0.39, 0.29) is 11.9 Å². The van der Waals surface area contributed by atoms with Gasteiger partial charge >= 0.3 is 0 Å². The summed E-state index contributed by atoms with van der Waals surface area (Å²) in [5.74, 6) is 0.239. The molecule has 1 heterocycles. The van der Waals surface area contributed by atoms with Crippen molar-refractivity contribution in [2.75, 3.05) is 5.32 Å². The van der Waals surface area contributed by atoms with Crippen molar-refractivity contribution in [1.29, 1.82) is 0 Å². The Morgan fingerprint density at radius 1 is 1.00 bits per heavy atom. The zero-order valence-electron chi connectivity index (χ0n) is 15.9. The molecule has 5 heteroatoms. The van der Waals surface area contributed by atoms with Crippen molar-refractivity contribution in [2.24, 2.45) is 0 Å². The van der Waals surface area contributed by atoms with Crippen LogP contribution >= 0.6 is 0 Å². The molecule has 1 aromatic heterocycles. The lowest BCUT2D eigenvalue weighted by molar-refractivity contribution is 0.0934. The van der Waals surface area contributed by atoms with Crippen LogP contribution in [0, 0.1) is 13.8 Å². The molecule has 0 saturated heterocycles. The van der Waals surface area contributed by atoms with Gasteiger partial charge in [0.15, 0.2) is 0 Å². The van der Waals surface area contributed by atoms with E-state index in [4.69, 9.17) is 0 Å². The van der Waals surface area contributed by atoms with Crippen LogP contribution in [-0.4, -0.2) is 15.9 Å². The number of carbonyl (C=O) groups is 1. The zero-order chi connectivity index (χ0) is 19.2. The molecule has 27 heavy (non-hydrogen) atoms. The highest BCUT2D eigenvalue weighted by Crippen LogP contribution is 2.13. The molecule has 0 aliphatic rings.